The molecule has 4 aromatic rings. The number of hydrogen-bond acceptors (Lipinski definition) is 8. The van der Waals surface area contributed by atoms with Crippen LogP contribution in [0.4, 0.5) is 59.0 Å². The van der Waals surface area contributed by atoms with Gasteiger partial charge >= 0.3 is 24.2 Å². The number of urea groups is 3. The Balaban J connectivity index is 1.18. The van der Waals surface area contributed by atoms with Gasteiger partial charge in [0.15, 0.2) is 0 Å². The summed E-state index contributed by atoms with van der Waals surface area (Å²) in [5.74, 6) is -1.56. The molecule has 3 saturated heterocycles. The summed E-state index contributed by atoms with van der Waals surface area (Å²) in [6.07, 6.45) is -0.683. The monoisotopic (exact) mass is 799 g/mol. The molecule has 3 heterocycles. The molecule has 3 aliphatic rings. The smallest absolute Gasteiger partial charge is 0.412 e. The first-order valence-corrected chi connectivity index (χ1v) is 19.0. The van der Waals surface area contributed by atoms with Crippen LogP contribution in [-0.2, 0) is 19.1 Å². The van der Waals surface area contributed by atoms with Gasteiger partial charge in [-0.15, -0.1) is 0 Å². The highest BCUT2D eigenvalue weighted by atomic mass is 16.6. The predicted molar refractivity (Wildman–Crippen MR) is 224 cm³/mol. The van der Waals surface area contributed by atoms with Gasteiger partial charge in [-0.1, -0.05) is 36.4 Å². The van der Waals surface area contributed by atoms with E-state index in [1.54, 1.807) is 153 Å². The van der Waals surface area contributed by atoms with Gasteiger partial charge in [-0.3, -0.25) is 34.4 Å². The van der Waals surface area contributed by atoms with Crippen LogP contribution in [0.15, 0.2) is 103 Å². The Bertz CT molecular complexity index is 2460. The average Bonchev–Trinajstić information content (AvgIpc) is 3.54. The first-order chi connectivity index (χ1) is 27.6. The maximum absolute atomic E-state index is 14.4. The summed E-state index contributed by atoms with van der Waals surface area (Å²) in [6.45, 7) is 14.9. The van der Waals surface area contributed by atoms with E-state index in [0.29, 0.717) is 22.7 Å². The molecule has 0 radical (unpaired) electrons. The number of anilines is 7. The third kappa shape index (κ3) is 6.61. The summed E-state index contributed by atoms with van der Waals surface area (Å²) in [7, 11) is 0. The average molecular weight is 800 g/mol. The second-order valence-electron chi connectivity index (χ2n) is 17.0. The van der Waals surface area contributed by atoms with E-state index in [-0.39, 0.29) is 17.1 Å². The van der Waals surface area contributed by atoms with Gasteiger partial charge in [-0.05, 0) is 129 Å². The van der Waals surface area contributed by atoms with Gasteiger partial charge in [0.1, 0.15) is 22.2 Å². The number of benzene rings is 4. The minimum atomic E-state index is -1.44. The molecule has 304 valence electrons. The Labute approximate surface area is 341 Å². The lowest BCUT2D eigenvalue weighted by Crippen LogP contribution is -2.44. The number of nitrogens with zero attached hydrogens (tertiary/aromatic N) is 6. The lowest BCUT2D eigenvalue weighted by atomic mass is 10.0. The standard InChI is InChI=1S/C44H45N7O8/c1-41(2,3)59-37(55)45-27-16-13-21-31(24-27)49-39(57)47(35(53)43(49,6)7)29-19-15-23-33(26-29)51-40(58)48(36(54)44(51,8)9)30-20-14-22-32(25-30)50-38(56)46(34(52)42(50,4)5)28-17-11-10-12-18-28/h10-26H,1-9H3,(H,45,55). The zero-order valence-corrected chi connectivity index (χ0v) is 34.3. The van der Waals surface area contributed by atoms with E-state index in [9.17, 15) is 33.6 Å². The van der Waals surface area contributed by atoms with Crippen LogP contribution in [0, 0.1) is 0 Å². The first-order valence-electron chi connectivity index (χ1n) is 19.0. The Morgan fingerprint density at radius 1 is 0.475 bits per heavy atom. The Kier molecular flexibility index (Phi) is 9.41. The molecule has 0 bridgehead atoms. The zero-order valence-electron chi connectivity index (χ0n) is 34.3. The molecule has 0 aliphatic carbocycles. The van der Waals surface area contributed by atoms with Crippen LogP contribution in [0.3, 0.4) is 0 Å². The van der Waals surface area contributed by atoms with Crippen LogP contribution in [-0.4, -0.2) is 64.1 Å². The summed E-state index contributed by atoms with van der Waals surface area (Å²) in [5.41, 5.74) is -2.87. The molecule has 1 N–H and O–H groups in total. The molecular formula is C44H45N7O8. The van der Waals surface area contributed by atoms with Crippen molar-refractivity contribution in [2.45, 2.75) is 84.5 Å². The topological polar surface area (TPSA) is 160 Å². The molecule has 0 spiro atoms. The van der Waals surface area contributed by atoms with Crippen LogP contribution < -0.4 is 34.7 Å². The van der Waals surface area contributed by atoms with Crippen molar-refractivity contribution >= 4 is 81.7 Å². The molecule has 3 fully saturated rings. The number of ether oxygens (including phenoxy) is 1. The van der Waals surface area contributed by atoms with Crippen molar-refractivity contribution in [1.29, 1.82) is 0 Å². The van der Waals surface area contributed by atoms with Crippen LogP contribution >= 0.6 is 0 Å². The van der Waals surface area contributed by atoms with E-state index >= 15 is 0 Å². The van der Waals surface area contributed by atoms with E-state index < -0.39 is 64.1 Å². The van der Waals surface area contributed by atoms with E-state index in [1.165, 1.54) is 26.8 Å². The maximum atomic E-state index is 14.4. The highest BCUT2D eigenvalue weighted by Gasteiger charge is 2.56. The van der Waals surface area contributed by atoms with Gasteiger partial charge < -0.3 is 4.74 Å². The molecule has 0 aromatic heterocycles. The molecule has 0 unspecified atom stereocenters. The number of nitrogens with one attached hydrogen (secondary N) is 1. The van der Waals surface area contributed by atoms with Gasteiger partial charge in [0.25, 0.3) is 17.7 Å². The number of imide groups is 3. The molecule has 15 heteroatoms. The van der Waals surface area contributed by atoms with Gasteiger partial charge in [0, 0.05) is 22.7 Å². The molecule has 3 aliphatic heterocycles. The Morgan fingerprint density at radius 2 is 0.814 bits per heavy atom. The van der Waals surface area contributed by atoms with Crippen molar-refractivity contribution in [3.05, 3.63) is 103 Å². The molecule has 10 amide bonds. The first kappa shape index (κ1) is 40.2. The quantitative estimate of drug-likeness (QED) is 0.183. The number of carbonyl (C=O) groups excluding carboxylic acids is 7. The minimum absolute atomic E-state index is 0.162. The molecule has 0 atom stereocenters. The largest absolute Gasteiger partial charge is 0.444 e. The summed E-state index contributed by atoms with van der Waals surface area (Å²) >= 11 is 0. The van der Waals surface area contributed by atoms with Crippen molar-refractivity contribution < 1.29 is 38.3 Å². The predicted octanol–water partition coefficient (Wildman–Crippen LogP) is 8.29. The number of amides is 10. The second-order valence-corrected chi connectivity index (χ2v) is 17.0. The zero-order chi connectivity index (χ0) is 43.0. The third-order valence-electron chi connectivity index (χ3n) is 10.5. The Morgan fingerprint density at radius 3 is 1.22 bits per heavy atom. The normalized spacial score (nSPS) is 18.7. The van der Waals surface area contributed by atoms with Crippen LogP contribution in [0.1, 0.15) is 62.3 Å². The number of rotatable bonds is 7. The van der Waals surface area contributed by atoms with Crippen molar-refractivity contribution in [2.24, 2.45) is 0 Å². The fourth-order valence-electron chi connectivity index (χ4n) is 7.63. The molecule has 15 nitrogen and oxygen atoms in total. The second kappa shape index (κ2) is 13.8. The van der Waals surface area contributed by atoms with E-state index in [1.807, 2.05) is 0 Å². The van der Waals surface area contributed by atoms with Crippen molar-refractivity contribution in [1.82, 2.24) is 0 Å². The molecule has 4 aromatic carbocycles. The van der Waals surface area contributed by atoms with E-state index in [0.717, 1.165) is 14.7 Å². The van der Waals surface area contributed by atoms with Crippen LogP contribution in [0.25, 0.3) is 0 Å². The lowest BCUT2D eigenvalue weighted by Gasteiger charge is -2.28. The van der Waals surface area contributed by atoms with Crippen LogP contribution in [0.2, 0.25) is 0 Å². The van der Waals surface area contributed by atoms with Crippen molar-refractivity contribution in [3.63, 3.8) is 0 Å². The Hall–Kier alpha value is -7.03. The molecular weight excluding hydrogens is 755 g/mol. The lowest BCUT2D eigenvalue weighted by molar-refractivity contribution is -0.121. The number of carbonyl (C=O) groups is 7. The molecule has 7 rings (SSSR count). The van der Waals surface area contributed by atoms with Crippen LogP contribution in [0.5, 0.6) is 0 Å². The number of para-hydroxylation sites is 1. The molecule has 59 heavy (non-hydrogen) atoms. The van der Waals surface area contributed by atoms with Crippen molar-refractivity contribution in [2.75, 3.05) is 34.7 Å². The van der Waals surface area contributed by atoms with E-state index in [2.05, 4.69) is 5.32 Å². The van der Waals surface area contributed by atoms with Crippen molar-refractivity contribution in [3.8, 4) is 0 Å². The maximum Gasteiger partial charge on any atom is 0.412 e. The fourth-order valence-corrected chi connectivity index (χ4v) is 7.63. The summed E-state index contributed by atoms with van der Waals surface area (Å²) in [5, 5.41) is 2.66. The minimum Gasteiger partial charge on any atom is -0.444 e. The van der Waals surface area contributed by atoms with Gasteiger partial charge in [-0.25, -0.2) is 33.9 Å². The van der Waals surface area contributed by atoms with Gasteiger partial charge in [0.05, 0.1) is 17.1 Å². The highest BCUT2D eigenvalue weighted by molar-refractivity contribution is 6.33. The summed E-state index contributed by atoms with van der Waals surface area (Å²) in [6, 6.07) is 25.6. The van der Waals surface area contributed by atoms with Gasteiger partial charge in [-0.2, -0.15) is 0 Å². The van der Waals surface area contributed by atoms with Gasteiger partial charge in [0.2, 0.25) is 0 Å². The third-order valence-corrected chi connectivity index (χ3v) is 10.5. The molecule has 0 saturated carbocycles. The van der Waals surface area contributed by atoms with E-state index in [4.69, 9.17) is 4.74 Å². The summed E-state index contributed by atoms with van der Waals surface area (Å²) < 4.78 is 5.36. The fraction of sp³-hybridized carbons (Fsp3) is 0.295. The number of hydrogen-bond donors (Lipinski definition) is 1. The SMILES string of the molecule is CC(C)(C)OC(=O)Nc1cccc(N2C(=O)N(c3cccc(N4C(=O)N(c5cccc(N6C(=O)N(c7ccccc7)C(=O)C6(C)C)c5)C(=O)C4(C)C)c3)C(=O)C2(C)C)c1. The highest BCUT2D eigenvalue weighted by Crippen LogP contribution is 2.43. The summed E-state index contributed by atoms with van der Waals surface area (Å²) in [4.78, 5) is 104.